The number of carboxylic acid groups (broad SMARTS) is 1. The molecule has 0 aliphatic heterocycles. The molecule has 1 aromatic carbocycles. The smallest absolute Gasteiger partial charge is 0.336 e. The first kappa shape index (κ1) is 18.2. The Labute approximate surface area is 132 Å². The van der Waals surface area contributed by atoms with Crippen LogP contribution in [0.15, 0.2) is 18.2 Å². The van der Waals surface area contributed by atoms with Gasteiger partial charge in [-0.1, -0.05) is 51.5 Å². The topological polar surface area (TPSA) is 66.4 Å². The number of hydrogen-bond donors (Lipinski definition) is 2. The van der Waals surface area contributed by atoms with Gasteiger partial charge in [-0.05, 0) is 31.0 Å². The fourth-order valence-electron chi connectivity index (χ4n) is 2.46. The number of carbonyl (C=O) groups excluding carboxylic acids is 1. The number of unbranched alkanes of at least 4 members (excludes halogenated alkanes) is 6. The van der Waals surface area contributed by atoms with E-state index in [2.05, 4.69) is 12.2 Å². The molecule has 0 saturated carbocycles. The zero-order chi connectivity index (χ0) is 16.4. The number of rotatable bonds is 10. The van der Waals surface area contributed by atoms with E-state index in [1.807, 2.05) is 0 Å². The molecule has 122 valence electrons. The third kappa shape index (κ3) is 6.29. The summed E-state index contributed by atoms with van der Waals surface area (Å²) in [6, 6.07) is 4.94. The molecule has 0 heterocycles. The zero-order valence-corrected chi connectivity index (χ0v) is 13.7. The molecule has 0 spiro atoms. The standard InChI is InChI=1S/C18H27NO3/c1-3-4-5-6-7-8-9-13-17(20)19-16-12-10-11-15(14(16)2)18(21)22/h10-12H,3-9,13H2,1-2H3,(H,19,20)(H,21,22). The molecule has 4 heteroatoms. The first-order valence-corrected chi connectivity index (χ1v) is 8.19. The third-order valence-corrected chi connectivity index (χ3v) is 3.85. The number of amides is 1. The lowest BCUT2D eigenvalue weighted by Crippen LogP contribution is -2.13. The zero-order valence-electron chi connectivity index (χ0n) is 13.7. The van der Waals surface area contributed by atoms with Crippen molar-refractivity contribution < 1.29 is 14.7 Å². The minimum absolute atomic E-state index is 0.0424. The monoisotopic (exact) mass is 305 g/mol. The number of aromatic carboxylic acids is 1. The number of carboxylic acids is 1. The van der Waals surface area contributed by atoms with Crippen LogP contribution in [0.3, 0.4) is 0 Å². The second-order valence-corrected chi connectivity index (χ2v) is 5.70. The van der Waals surface area contributed by atoms with Crippen molar-refractivity contribution in [2.24, 2.45) is 0 Å². The fraction of sp³-hybridized carbons (Fsp3) is 0.556. The highest BCUT2D eigenvalue weighted by Crippen LogP contribution is 2.19. The maximum atomic E-state index is 11.9. The van der Waals surface area contributed by atoms with Crippen LogP contribution in [0.2, 0.25) is 0 Å². The van der Waals surface area contributed by atoms with Crippen LogP contribution in [0, 0.1) is 6.92 Å². The van der Waals surface area contributed by atoms with Crippen molar-refractivity contribution in [1.82, 2.24) is 0 Å². The van der Waals surface area contributed by atoms with E-state index in [0.29, 0.717) is 17.7 Å². The fourth-order valence-corrected chi connectivity index (χ4v) is 2.46. The SMILES string of the molecule is CCCCCCCCCC(=O)Nc1cccc(C(=O)O)c1C. The maximum absolute atomic E-state index is 11.9. The van der Waals surface area contributed by atoms with Crippen LogP contribution in [-0.4, -0.2) is 17.0 Å². The second kappa shape index (κ2) is 9.98. The predicted octanol–water partition coefficient (Wildman–Crippen LogP) is 4.77. The average molecular weight is 305 g/mol. The summed E-state index contributed by atoms with van der Waals surface area (Å²) in [6.45, 7) is 3.92. The lowest BCUT2D eigenvalue weighted by Gasteiger charge is -2.10. The lowest BCUT2D eigenvalue weighted by atomic mass is 10.1. The average Bonchev–Trinajstić information content (AvgIpc) is 2.48. The molecule has 1 aromatic rings. The van der Waals surface area contributed by atoms with Gasteiger partial charge in [0, 0.05) is 12.1 Å². The second-order valence-electron chi connectivity index (χ2n) is 5.70. The summed E-state index contributed by atoms with van der Waals surface area (Å²) in [6.07, 6.45) is 8.70. The molecule has 0 bridgehead atoms. The molecule has 0 aliphatic carbocycles. The maximum Gasteiger partial charge on any atom is 0.336 e. The van der Waals surface area contributed by atoms with Gasteiger partial charge in [0.1, 0.15) is 0 Å². The summed E-state index contributed by atoms with van der Waals surface area (Å²) in [4.78, 5) is 23.0. The van der Waals surface area contributed by atoms with E-state index in [1.54, 1.807) is 25.1 Å². The van der Waals surface area contributed by atoms with Crippen molar-refractivity contribution >= 4 is 17.6 Å². The molecule has 2 N–H and O–H groups in total. The Morgan fingerprint density at radius 3 is 2.32 bits per heavy atom. The summed E-state index contributed by atoms with van der Waals surface area (Å²) in [5, 5.41) is 11.9. The van der Waals surface area contributed by atoms with E-state index in [1.165, 1.54) is 32.1 Å². The van der Waals surface area contributed by atoms with E-state index >= 15 is 0 Å². The molecular weight excluding hydrogens is 278 g/mol. The van der Waals surface area contributed by atoms with Crippen molar-refractivity contribution in [3.63, 3.8) is 0 Å². The van der Waals surface area contributed by atoms with Crippen LogP contribution in [0.5, 0.6) is 0 Å². The van der Waals surface area contributed by atoms with Gasteiger partial charge in [0.2, 0.25) is 5.91 Å². The number of nitrogens with one attached hydrogen (secondary N) is 1. The van der Waals surface area contributed by atoms with Crippen LogP contribution >= 0.6 is 0 Å². The molecule has 22 heavy (non-hydrogen) atoms. The number of benzene rings is 1. The Kier molecular flexibility index (Phi) is 8.26. The summed E-state index contributed by atoms with van der Waals surface area (Å²) < 4.78 is 0. The Morgan fingerprint density at radius 2 is 1.68 bits per heavy atom. The van der Waals surface area contributed by atoms with Gasteiger partial charge in [-0.3, -0.25) is 4.79 Å². The molecule has 0 atom stereocenters. The minimum Gasteiger partial charge on any atom is -0.478 e. The van der Waals surface area contributed by atoms with Gasteiger partial charge in [-0.25, -0.2) is 4.79 Å². The molecule has 0 radical (unpaired) electrons. The van der Waals surface area contributed by atoms with Gasteiger partial charge in [0.25, 0.3) is 0 Å². The molecular formula is C18H27NO3. The van der Waals surface area contributed by atoms with Gasteiger partial charge < -0.3 is 10.4 Å². The Hall–Kier alpha value is -1.84. The summed E-state index contributed by atoms with van der Waals surface area (Å²) in [5.41, 5.74) is 1.42. The van der Waals surface area contributed by atoms with E-state index in [4.69, 9.17) is 5.11 Å². The number of hydrogen-bond acceptors (Lipinski definition) is 2. The Balaban J connectivity index is 2.34. The highest BCUT2D eigenvalue weighted by atomic mass is 16.4. The van der Waals surface area contributed by atoms with Crippen LogP contribution in [0.1, 0.15) is 74.2 Å². The third-order valence-electron chi connectivity index (χ3n) is 3.85. The van der Waals surface area contributed by atoms with Gasteiger partial charge in [0.15, 0.2) is 0 Å². The molecule has 0 aliphatic rings. The van der Waals surface area contributed by atoms with Gasteiger partial charge in [-0.15, -0.1) is 0 Å². The van der Waals surface area contributed by atoms with Crippen molar-refractivity contribution in [2.45, 2.75) is 65.2 Å². The lowest BCUT2D eigenvalue weighted by molar-refractivity contribution is -0.116. The van der Waals surface area contributed by atoms with E-state index in [-0.39, 0.29) is 11.5 Å². The molecule has 4 nitrogen and oxygen atoms in total. The molecule has 0 fully saturated rings. The van der Waals surface area contributed by atoms with Crippen LogP contribution < -0.4 is 5.32 Å². The normalized spacial score (nSPS) is 10.5. The van der Waals surface area contributed by atoms with Crippen LogP contribution in [-0.2, 0) is 4.79 Å². The van der Waals surface area contributed by atoms with Gasteiger partial charge in [-0.2, -0.15) is 0 Å². The van der Waals surface area contributed by atoms with Gasteiger partial charge in [0.05, 0.1) is 5.56 Å². The quantitative estimate of drug-likeness (QED) is 0.612. The molecule has 1 rings (SSSR count). The minimum atomic E-state index is -0.972. The first-order valence-electron chi connectivity index (χ1n) is 8.19. The predicted molar refractivity (Wildman–Crippen MR) is 89.4 cm³/mol. The van der Waals surface area contributed by atoms with Crippen LogP contribution in [0.4, 0.5) is 5.69 Å². The Morgan fingerprint density at radius 1 is 1.05 bits per heavy atom. The summed E-state index contributed by atoms with van der Waals surface area (Å²) >= 11 is 0. The molecule has 0 saturated heterocycles. The summed E-state index contributed by atoms with van der Waals surface area (Å²) in [7, 11) is 0. The molecule has 0 aromatic heterocycles. The van der Waals surface area contributed by atoms with Crippen molar-refractivity contribution in [1.29, 1.82) is 0 Å². The van der Waals surface area contributed by atoms with Crippen molar-refractivity contribution in [2.75, 3.05) is 5.32 Å². The number of carbonyl (C=O) groups is 2. The summed E-state index contributed by atoms with van der Waals surface area (Å²) in [5.74, 6) is -1.01. The van der Waals surface area contributed by atoms with Crippen molar-refractivity contribution in [3.8, 4) is 0 Å². The highest BCUT2D eigenvalue weighted by Gasteiger charge is 2.11. The van der Waals surface area contributed by atoms with Crippen LogP contribution in [0.25, 0.3) is 0 Å². The van der Waals surface area contributed by atoms with E-state index in [0.717, 1.165) is 12.8 Å². The number of anilines is 1. The largest absolute Gasteiger partial charge is 0.478 e. The molecule has 0 unspecified atom stereocenters. The van der Waals surface area contributed by atoms with Gasteiger partial charge >= 0.3 is 5.97 Å². The van der Waals surface area contributed by atoms with E-state index < -0.39 is 5.97 Å². The Bertz CT molecular complexity index is 497. The van der Waals surface area contributed by atoms with E-state index in [9.17, 15) is 9.59 Å². The molecule has 1 amide bonds. The highest BCUT2D eigenvalue weighted by molar-refractivity contribution is 5.95. The first-order chi connectivity index (χ1) is 10.6. The van der Waals surface area contributed by atoms with Crippen molar-refractivity contribution in [3.05, 3.63) is 29.3 Å².